The fourth-order valence-electron chi connectivity index (χ4n) is 11.8. The van der Waals surface area contributed by atoms with E-state index in [9.17, 15) is 21.0 Å². The lowest BCUT2D eigenvalue weighted by molar-refractivity contribution is 0.0346. The van der Waals surface area contributed by atoms with Crippen LogP contribution in [0.4, 0.5) is 0 Å². The van der Waals surface area contributed by atoms with Crippen LogP contribution in [0.5, 0.6) is 23.0 Å². The molecule has 0 saturated carbocycles. The molecule has 12 rings (SSSR count). The molecule has 8 aromatic carbocycles. The van der Waals surface area contributed by atoms with Crippen LogP contribution in [0.15, 0.2) is 158 Å². The van der Waals surface area contributed by atoms with Gasteiger partial charge in [0.25, 0.3) is 0 Å². The van der Waals surface area contributed by atoms with Crippen molar-refractivity contribution < 1.29 is 28.4 Å². The van der Waals surface area contributed by atoms with E-state index in [2.05, 4.69) is 36.4 Å². The minimum atomic E-state index is -0.313. The average molecular weight is 969 g/mol. The standard InChI is InChI=1S/2C32H24N2O3/c2*1-35-21-11-7-19(8-12-21)31-26-16-15-25-27(17-33)23-5-3-4-6-24(23)28(18-34)29(25)30(26)32(37-31)20-9-13-22(36-2)14-10-20/h2*3-16,26,30-32H,1-2H3/t2*26-,30-,31-,32+/m11/s1. The van der Waals surface area contributed by atoms with E-state index >= 15 is 0 Å². The maximum atomic E-state index is 10.4. The first-order valence-electron chi connectivity index (χ1n) is 24.4. The van der Waals surface area contributed by atoms with Crippen molar-refractivity contribution in [3.05, 3.63) is 225 Å². The van der Waals surface area contributed by atoms with Crippen molar-refractivity contribution in [2.45, 2.75) is 36.3 Å². The largest absolute Gasteiger partial charge is 0.497 e. The number of hydrogen-bond donors (Lipinski definition) is 0. The summed E-state index contributed by atoms with van der Waals surface area (Å²) in [5.41, 5.74) is 9.92. The lowest BCUT2D eigenvalue weighted by Gasteiger charge is -2.30. The highest BCUT2D eigenvalue weighted by Gasteiger charge is 2.50. The minimum absolute atomic E-state index is 0.0206. The molecule has 0 amide bonds. The summed E-state index contributed by atoms with van der Waals surface area (Å²) in [6, 6.07) is 56.9. The van der Waals surface area contributed by atoms with Crippen LogP contribution in [0.3, 0.4) is 0 Å². The monoisotopic (exact) mass is 968 g/mol. The molecule has 8 aromatic rings. The molecule has 2 heterocycles. The van der Waals surface area contributed by atoms with Gasteiger partial charge < -0.3 is 28.4 Å². The molecule has 0 radical (unpaired) electrons. The van der Waals surface area contributed by atoms with Crippen LogP contribution in [0, 0.1) is 57.2 Å². The van der Waals surface area contributed by atoms with Gasteiger partial charge in [-0.2, -0.15) is 21.0 Å². The third-order valence-electron chi connectivity index (χ3n) is 15.2. The van der Waals surface area contributed by atoms with Crippen LogP contribution in [-0.2, 0) is 9.47 Å². The van der Waals surface area contributed by atoms with E-state index in [-0.39, 0.29) is 48.1 Å². The zero-order valence-electron chi connectivity index (χ0n) is 41.0. The summed E-state index contributed by atoms with van der Waals surface area (Å²) >= 11 is 0. The van der Waals surface area contributed by atoms with Crippen LogP contribution >= 0.6 is 0 Å². The molecule has 4 aliphatic rings. The Kier molecular flexibility index (Phi) is 12.6. The van der Waals surface area contributed by atoms with Gasteiger partial charge in [-0.15, -0.1) is 0 Å². The first-order valence-corrected chi connectivity index (χ1v) is 24.4. The fourth-order valence-corrected chi connectivity index (χ4v) is 11.8. The van der Waals surface area contributed by atoms with Crippen LogP contribution < -0.4 is 18.9 Å². The van der Waals surface area contributed by atoms with Gasteiger partial charge in [-0.1, -0.05) is 121 Å². The molecule has 2 saturated heterocycles. The highest BCUT2D eigenvalue weighted by Crippen LogP contribution is 2.61. The van der Waals surface area contributed by atoms with Crippen LogP contribution in [0.25, 0.3) is 33.7 Å². The Morgan fingerprint density at radius 1 is 0.351 bits per heavy atom. The number of rotatable bonds is 8. The minimum Gasteiger partial charge on any atom is -0.497 e. The van der Waals surface area contributed by atoms with E-state index in [0.717, 1.165) is 89.1 Å². The Labute approximate surface area is 429 Å². The molecule has 0 spiro atoms. The zero-order valence-corrected chi connectivity index (χ0v) is 41.0. The number of hydrogen-bond acceptors (Lipinski definition) is 10. The van der Waals surface area contributed by atoms with E-state index in [1.807, 2.05) is 158 Å². The molecular formula is C64H48N4O6. The van der Waals surface area contributed by atoms with Gasteiger partial charge in [0.2, 0.25) is 0 Å². The topological polar surface area (TPSA) is 151 Å². The highest BCUT2D eigenvalue weighted by atomic mass is 16.5. The molecule has 8 atom stereocenters. The molecule has 2 aliphatic heterocycles. The molecule has 0 N–H and O–H groups in total. The van der Waals surface area contributed by atoms with E-state index in [1.54, 1.807) is 28.4 Å². The lowest BCUT2D eigenvalue weighted by atomic mass is 9.70. The van der Waals surface area contributed by atoms with E-state index in [1.165, 1.54) is 0 Å². The number of ether oxygens (including phenoxy) is 6. The van der Waals surface area contributed by atoms with Crippen molar-refractivity contribution in [1.82, 2.24) is 0 Å². The summed E-state index contributed by atoms with van der Waals surface area (Å²) in [5.74, 6) is 2.77. The van der Waals surface area contributed by atoms with Gasteiger partial charge >= 0.3 is 0 Å². The summed E-state index contributed by atoms with van der Waals surface area (Å²) in [6.07, 6.45) is 7.26. The first kappa shape index (κ1) is 47.2. The molecule has 2 fully saturated rings. The van der Waals surface area contributed by atoms with Crippen molar-refractivity contribution in [2.75, 3.05) is 28.4 Å². The molecule has 74 heavy (non-hydrogen) atoms. The predicted molar refractivity (Wildman–Crippen MR) is 282 cm³/mol. The van der Waals surface area contributed by atoms with Crippen molar-refractivity contribution in [3.8, 4) is 47.3 Å². The maximum absolute atomic E-state index is 10.4. The lowest BCUT2D eigenvalue weighted by Crippen LogP contribution is -2.19. The van der Waals surface area contributed by atoms with E-state index in [4.69, 9.17) is 28.4 Å². The van der Waals surface area contributed by atoms with E-state index < -0.39 is 0 Å². The quantitative estimate of drug-likeness (QED) is 0.144. The molecule has 0 aromatic heterocycles. The first-order chi connectivity index (χ1) is 36.4. The van der Waals surface area contributed by atoms with Gasteiger partial charge in [-0.05, 0) is 93.0 Å². The Hall–Kier alpha value is -9.16. The second kappa shape index (κ2) is 19.8. The summed E-state index contributed by atoms with van der Waals surface area (Å²) in [4.78, 5) is 0. The van der Waals surface area contributed by atoms with Gasteiger partial charge in [-0.3, -0.25) is 0 Å². The number of nitrogens with zero attached hydrogens (tertiary/aromatic N) is 4. The van der Waals surface area contributed by atoms with Crippen LogP contribution in [0.2, 0.25) is 0 Å². The van der Waals surface area contributed by atoms with Crippen LogP contribution in [0.1, 0.15) is 103 Å². The number of fused-ring (bicyclic) bond motifs is 8. The van der Waals surface area contributed by atoms with Gasteiger partial charge in [0.15, 0.2) is 0 Å². The van der Waals surface area contributed by atoms with Gasteiger partial charge in [0.1, 0.15) is 47.3 Å². The Morgan fingerprint density at radius 3 is 0.892 bits per heavy atom. The summed E-state index contributed by atoms with van der Waals surface area (Å²) in [6.45, 7) is 0. The summed E-state index contributed by atoms with van der Waals surface area (Å²) in [7, 11) is 6.59. The molecule has 0 unspecified atom stereocenters. The molecular weight excluding hydrogens is 921 g/mol. The summed E-state index contributed by atoms with van der Waals surface area (Å²) < 4.78 is 35.2. The van der Waals surface area contributed by atoms with E-state index in [0.29, 0.717) is 22.3 Å². The maximum Gasteiger partial charge on any atom is 0.118 e. The molecule has 0 bridgehead atoms. The number of methoxy groups -OCH3 is 4. The second-order valence-corrected chi connectivity index (χ2v) is 18.7. The Morgan fingerprint density at radius 2 is 0.622 bits per heavy atom. The molecule has 2 aliphatic carbocycles. The third-order valence-corrected chi connectivity index (χ3v) is 15.2. The van der Waals surface area contributed by atoms with Gasteiger partial charge in [0.05, 0.1) is 75.1 Å². The number of benzene rings is 8. The third kappa shape index (κ3) is 7.86. The SMILES string of the molecule is COc1ccc([C@H]2O[C@@H](c3ccc(OC)cc3)[C@H]3c4c(c(C#N)c5ccccc5c4C#N)C=C[C@H]32)cc1.COc1ccc([C@H]2O[C@@H](c3ccc(OC)cc3)[C@H]3c4c(c(C#N)c5ccccc5c4C#N)C=C[C@H]32)cc1. The normalized spacial score (nSPS) is 21.5. The van der Waals surface area contributed by atoms with Crippen molar-refractivity contribution >= 4 is 33.7 Å². The number of nitriles is 4. The Balaban J connectivity index is 0.000000159. The zero-order chi connectivity index (χ0) is 51.0. The molecule has 360 valence electrons. The average Bonchev–Trinajstić information content (AvgIpc) is 4.07. The smallest absolute Gasteiger partial charge is 0.118 e. The van der Waals surface area contributed by atoms with Crippen molar-refractivity contribution in [1.29, 1.82) is 21.0 Å². The second-order valence-electron chi connectivity index (χ2n) is 18.7. The van der Waals surface area contributed by atoms with Gasteiger partial charge in [-0.25, -0.2) is 0 Å². The highest BCUT2D eigenvalue weighted by molar-refractivity contribution is 5.99. The van der Waals surface area contributed by atoms with Crippen LogP contribution in [-0.4, -0.2) is 28.4 Å². The fraction of sp³-hybridized carbons (Fsp3) is 0.188. The Bertz CT molecular complexity index is 3460. The summed E-state index contributed by atoms with van der Waals surface area (Å²) in [5, 5.41) is 44.4. The molecule has 10 nitrogen and oxygen atoms in total. The van der Waals surface area contributed by atoms with Gasteiger partial charge in [0, 0.05) is 45.2 Å². The van der Waals surface area contributed by atoms with Crippen molar-refractivity contribution in [2.24, 2.45) is 11.8 Å². The molecule has 10 heteroatoms. The predicted octanol–water partition coefficient (Wildman–Crippen LogP) is 13.7. The van der Waals surface area contributed by atoms with Crippen molar-refractivity contribution in [3.63, 3.8) is 0 Å².